The predicted octanol–water partition coefficient (Wildman–Crippen LogP) is 7.56. The van der Waals surface area contributed by atoms with Gasteiger partial charge in [0.15, 0.2) is 0 Å². The third kappa shape index (κ3) is 4.84. The molecule has 13 heteroatoms. The van der Waals surface area contributed by atoms with Crippen LogP contribution in [-0.4, -0.2) is 21.5 Å². The molecule has 0 fully saturated rings. The first kappa shape index (κ1) is 27.4. The molecule has 1 atom stereocenters. The summed E-state index contributed by atoms with van der Waals surface area (Å²) in [6, 6.07) is 13.0. The van der Waals surface area contributed by atoms with Crippen molar-refractivity contribution in [1.29, 1.82) is 0 Å². The Hall–Kier alpha value is -4.16. The van der Waals surface area contributed by atoms with Crippen LogP contribution in [0, 0.1) is 34.9 Å². The smallest absolute Gasteiger partial charge is 0.240 e. The van der Waals surface area contributed by atoms with Gasteiger partial charge in [0.1, 0.15) is 17.3 Å². The number of methoxy groups -OCH3 is 1. The van der Waals surface area contributed by atoms with Crippen molar-refractivity contribution in [3.8, 4) is 33.9 Å². The largest absolute Gasteiger partial charge is 0.496 e. The standard InChI is InChI=1S/C27H13ClF6N2O3S/c1-38-20-10-17(12-3-2-4-14(29)7-12)19(28)9-18(20)26-16-6-5-15(8-13(16)11-35-36-26)40(37)39-27-24(33)22(31)21(30)23(32)25(27)34/h2-11H,1H3. The molecule has 0 amide bonds. The minimum atomic E-state index is -2.68. The molecule has 0 radical (unpaired) electrons. The molecule has 0 N–H and O–H groups in total. The molecule has 5 rings (SSSR count). The van der Waals surface area contributed by atoms with Crippen LogP contribution in [0.5, 0.6) is 11.5 Å². The lowest BCUT2D eigenvalue weighted by Crippen LogP contribution is -2.09. The summed E-state index contributed by atoms with van der Waals surface area (Å²) in [6.45, 7) is 0. The van der Waals surface area contributed by atoms with Crippen LogP contribution >= 0.6 is 11.6 Å². The average Bonchev–Trinajstić information content (AvgIpc) is 2.96. The van der Waals surface area contributed by atoms with Gasteiger partial charge in [0.2, 0.25) is 45.9 Å². The molecule has 1 aromatic heterocycles. The summed E-state index contributed by atoms with van der Waals surface area (Å²) in [5.74, 6) is -13.2. The predicted molar refractivity (Wildman–Crippen MR) is 135 cm³/mol. The molecule has 5 nitrogen and oxygen atoms in total. The molecule has 0 aliphatic carbocycles. The zero-order valence-corrected chi connectivity index (χ0v) is 21.5. The summed E-state index contributed by atoms with van der Waals surface area (Å²) in [6.07, 6.45) is 1.30. The van der Waals surface area contributed by atoms with Crippen molar-refractivity contribution in [2.45, 2.75) is 4.90 Å². The Labute approximate surface area is 229 Å². The first-order valence-electron chi connectivity index (χ1n) is 11.1. The highest BCUT2D eigenvalue weighted by Crippen LogP contribution is 2.41. The molecular weight excluding hydrogens is 582 g/mol. The summed E-state index contributed by atoms with van der Waals surface area (Å²) in [5.41, 5.74) is 1.72. The second-order valence-corrected chi connectivity index (χ2v) is 9.72. The molecule has 0 aliphatic rings. The van der Waals surface area contributed by atoms with Crippen molar-refractivity contribution in [3.63, 3.8) is 0 Å². The van der Waals surface area contributed by atoms with Crippen molar-refractivity contribution in [2.75, 3.05) is 7.11 Å². The van der Waals surface area contributed by atoms with Gasteiger partial charge in [-0.15, -0.1) is 5.10 Å². The fourth-order valence-electron chi connectivity index (χ4n) is 3.93. The fourth-order valence-corrected chi connectivity index (χ4v) is 5.00. The molecule has 1 heterocycles. The molecule has 0 bridgehead atoms. The normalized spacial score (nSPS) is 12.0. The van der Waals surface area contributed by atoms with Crippen molar-refractivity contribution >= 4 is 33.5 Å². The van der Waals surface area contributed by atoms with Crippen LogP contribution in [0.15, 0.2) is 65.7 Å². The van der Waals surface area contributed by atoms with Gasteiger partial charge in [-0.25, -0.2) is 21.8 Å². The van der Waals surface area contributed by atoms with Crippen LogP contribution in [0.4, 0.5) is 26.3 Å². The first-order chi connectivity index (χ1) is 19.1. The monoisotopic (exact) mass is 594 g/mol. The third-order valence-corrected chi connectivity index (χ3v) is 7.10. The minimum absolute atomic E-state index is 0.165. The summed E-state index contributed by atoms with van der Waals surface area (Å²) in [7, 11) is 1.42. The van der Waals surface area contributed by atoms with Gasteiger partial charge in [0, 0.05) is 26.9 Å². The second-order valence-electron chi connectivity index (χ2n) is 8.20. The molecule has 40 heavy (non-hydrogen) atoms. The highest BCUT2D eigenvalue weighted by Gasteiger charge is 2.29. The molecule has 1 unspecified atom stereocenters. The van der Waals surface area contributed by atoms with E-state index in [1.54, 1.807) is 18.2 Å². The van der Waals surface area contributed by atoms with Gasteiger partial charge in [0.05, 0.1) is 18.2 Å². The number of ether oxygens (including phenoxy) is 1. The van der Waals surface area contributed by atoms with E-state index in [-0.39, 0.29) is 9.92 Å². The average molecular weight is 595 g/mol. The van der Waals surface area contributed by atoms with Crippen LogP contribution in [0.2, 0.25) is 5.02 Å². The van der Waals surface area contributed by atoms with Crippen molar-refractivity contribution in [3.05, 3.63) is 101 Å². The van der Waals surface area contributed by atoms with Gasteiger partial charge < -0.3 is 8.92 Å². The fraction of sp³-hybridized carbons (Fsp3) is 0.0370. The molecule has 0 aliphatic heterocycles. The number of hydrogen-bond donors (Lipinski definition) is 0. The Balaban J connectivity index is 1.54. The summed E-state index contributed by atoms with van der Waals surface area (Å²) < 4.78 is 105. The topological polar surface area (TPSA) is 61.3 Å². The van der Waals surface area contributed by atoms with E-state index in [2.05, 4.69) is 14.4 Å². The molecule has 4 aromatic carbocycles. The number of hydrogen-bond acceptors (Lipinski definition) is 5. The second kappa shape index (κ2) is 10.8. The highest BCUT2D eigenvalue weighted by molar-refractivity contribution is 7.80. The first-order valence-corrected chi connectivity index (χ1v) is 12.6. The number of nitrogens with zero attached hydrogens (tertiary/aromatic N) is 2. The van der Waals surface area contributed by atoms with E-state index < -0.39 is 51.7 Å². The maximum Gasteiger partial charge on any atom is 0.240 e. The SMILES string of the molecule is COc1cc(-c2cccc(F)c2)c(Cl)cc1-c1nncc2cc(S(=O)Oc3c(F)c(F)c(F)c(F)c3F)ccc12. The minimum Gasteiger partial charge on any atom is -0.496 e. The highest BCUT2D eigenvalue weighted by atomic mass is 35.5. The van der Waals surface area contributed by atoms with Gasteiger partial charge in [0.25, 0.3) is 0 Å². The molecule has 204 valence electrons. The number of aromatic nitrogens is 2. The summed E-state index contributed by atoms with van der Waals surface area (Å²) in [5, 5.41) is 9.15. The summed E-state index contributed by atoms with van der Waals surface area (Å²) >= 11 is 3.84. The lowest BCUT2D eigenvalue weighted by atomic mass is 9.99. The maximum absolute atomic E-state index is 14.0. The molecule has 0 saturated carbocycles. The van der Waals surface area contributed by atoms with Gasteiger partial charge in [-0.3, -0.25) is 0 Å². The van der Waals surface area contributed by atoms with Crippen LogP contribution < -0.4 is 8.92 Å². The molecule has 0 spiro atoms. The van der Waals surface area contributed by atoms with Crippen molar-refractivity contribution in [1.82, 2.24) is 10.2 Å². The van der Waals surface area contributed by atoms with Gasteiger partial charge in [-0.05, 0) is 42.0 Å². The van der Waals surface area contributed by atoms with Crippen LogP contribution in [0.1, 0.15) is 0 Å². The Morgan fingerprint density at radius 3 is 2.20 bits per heavy atom. The maximum atomic E-state index is 14.0. The van der Waals surface area contributed by atoms with E-state index in [4.69, 9.17) is 16.3 Å². The zero-order valence-electron chi connectivity index (χ0n) is 19.9. The van der Waals surface area contributed by atoms with E-state index in [0.717, 1.165) is 0 Å². The quantitative estimate of drug-likeness (QED) is 0.115. The lowest BCUT2D eigenvalue weighted by Gasteiger charge is -2.14. The Morgan fingerprint density at radius 1 is 0.825 bits per heavy atom. The molecule has 0 saturated heterocycles. The van der Waals surface area contributed by atoms with Crippen molar-refractivity contribution in [2.24, 2.45) is 0 Å². The molecular formula is C27H13ClF6N2O3S. The Bertz CT molecular complexity index is 1810. The van der Waals surface area contributed by atoms with Gasteiger partial charge in [-0.2, -0.15) is 13.9 Å². The Kier molecular flexibility index (Phi) is 7.39. The third-order valence-electron chi connectivity index (χ3n) is 5.83. The zero-order chi connectivity index (χ0) is 28.7. The van der Waals surface area contributed by atoms with Gasteiger partial charge in [-0.1, -0.05) is 29.8 Å². The van der Waals surface area contributed by atoms with Gasteiger partial charge >= 0.3 is 0 Å². The number of benzene rings is 4. The van der Waals surface area contributed by atoms with E-state index in [9.17, 15) is 30.6 Å². The summed E-state index contributed by atoms with van der Waals surface area (Å²) in [4.78, 5) is -0.165. The number of fused-ring (bicyclic) bond motifs is 1. The Morgan fingerprint density at radius 2 is 1.52 bits per heavy atom. The van der Waals surface area contributed by atoms with Crippen LogP contribution in [0.3, 0.4) is 0 Å². The van der Waals surface area contributed by atoms with E-state index in [0.29, 0.717) is 38.9 Å². The van der Waals surface area contributed by atoms with Crippen molar-refractivity contribution < 1.29 is 39.5 Å². The molecule has 5 aromatic rings. The van der Waals surface area contributed by atoms with Crippen LogP contribution in [0.25, 0.3) is 33.2 Å². The number of rotatable bonds is 6. The van der Waals surface area contributed by atoms with Crippen LogP contribution in [-0.2, 0) is 11.1 Å². The van der Waals surface area contributed by atoms with E-state index in [1.165, 1.54) is 49.7 Å². The van der Waals surface area contributed by atoms with E-state index in [1.807, 2.05) is 0 Å². The number of halogens is 7. The lowest BCUT2D eigenvalue weighted by molar-refractivity contribution is 0.352. The van der Waals surface area contributed by atoms with E-state index >= 15 is 0 Å².